The lowest BCUT2D eigenvalue weighted by atomic mass is 9.81. The van der Waals surface area contributed by atoms with E-state index in [1.165, 1.54) is 44.1 Å². The maximum Gasteiger partial charge on any atom is 0.0587 e. The second-order valence-electron chi connectivity index (χ2n) is 5.84. The molecule has 1 aromatic rings. The fourth-order valence-corrected chi connectivity index (χ4v) is 3.31. The Morgan fingerprint density at radius 1 is 1.20 bits per heavy atom. The number of pyridine rings is 1. The number of nitrogens with zero attached hydrogens (tertiary/aromatic N) is 1. The van der Waals surface area contributed by atoms with Crippen molar-refractivity contribution in [2.45, 2.75) is 44.4 Å². The zero-order chi connectivity index (χ0) is 14.0. The molecule has 1 heterocycles. The molecule has 1 aromatic heterocycles. The summed E-state index contributed by atoms with van der Waals surface area (Å²) < 4.78 is 5.12. The summed E-state index contributed by atoms with van der Waals surface area (Å²) in [6, 6.07) is 4.38. The van der Waals surface area contributed by atoms with Crippen molar-refractivity contribution in [2.75, 3.05) is 26.8 Å². The van der Waals surface area contributed by atoms with E-state index in [2.05, 4.69) is 22.4 Å². The number of nitrogens with one attached hydrogen (secondary N) is 1. The highest BCUT2D eigenvalue weighted by Gasteiger charge is 2.23. The van der Waals surface area contributed by atoms with Gasteiger partial charge in [0, 0.05) is 32.6 Å². The van der Waals surface area contributed by atoms with Crippen LogP contribution in [-0.2, 0) is 4.74 Å². The van der Waals surface area contributed by atoms with E-state index in [-0.39, 0.29) is 0 Å². The highest BCUT2D eigenvalue weighted by Crippen LogP contribution is 2.34. The molecule has 0 saturated heterocycles. The molecule has 1 fully saturated rings. The SMILES string of the molecule is COCCNCC(c1ccncc1)C1CCCCCC1. The van der Waals surface area contributed by atoms with Crippen molar-refractivity contribution in [3.63, 3.8) is 0 Å². The van der Waals surface area contributed by atoms with Gasteiger partial charge in [-0.05, 0) is 42.4 Å². The maximum absolute atomic E-state index is 5.12. The molecular weight excluding hydrogens is 248 g/mol. The Labute approximate surface area is 123 Å². The van der Waals surface area contributed by atoms with Gasteiger partial charge in [0.1, 0.15) is 0 Å². The second kappa shape index (κ2) is 9.09. The highest BCUT2D eigenvalue weighted by molar-refractivity contribution is 5.17. The van der Waals surface area contributed by atoms with Crippen LogP contribution in [0, 0.1) is 5.92 Å². The molecule has 3 nitrogen and oxygen atoms in total. The molecule has 112 valence electrons. The fourth-order valence-electron chi connectivity index (χ4n) is 3.31. The second-order valence-corrected chi connectivity index (χ2v) is 5.84. The summed E-state index contributed by atoms with van der Waals surface area (Å²) in [6.07, 6.45) is 12.2. The predicted octanol–water partition coefficient (Wildman–Crippen LogP) is 3.37. The number of aromatic nitrogens is 1. The molecule has 1 atom stereocenters. The Morgan fingerprint density at radius 3 is 2.55 bits per heavy atom. The molecule has 0 spiro atoms. The lowest BCUT2D eigenvalue weighted by molar-refractivity contribution is 0.197. The van der Waals surface area contributed by atoms with Gasteiger partial charge >= 0.3 is 0 Å². The van der Waals surface area contributed by atoms with Crippen LogP contribution in [0.1, 0.15) is 50.0 Å². The van der Waals surface area contributed by atoms with E-state index in [0.717, 1.165) is 25.6 Å². The minimum atomic E-state index is 0.618. The molecule has 1 unspecified atom stereocenters. The Balaban J connectivity index is 1.98. The Kier molecular flexibility index (Phi) is 7.02. The lowest BCUT2D eigenvalue weighted by Crippen LogP contribution is -2.29. The largest absolute Gasteiger partial charge is 0.383 e. The molecule has 0 aromatic carbocycles. The van der Waals surface area contributed by atoms with E-state index in [1.54, 1.807) is 7.11 Å². The van der Waals surface area contributed by atoms with Crippen LogP contribution in [0.5, 0.6) is 0 Å². The van der Waals surface area contributed by atoms with Crippen molar-refractivity contribution < 1.29 is 4.74 Å². The molecule has 0 amide bonds. The molecule has 0 bridgehead atoms. The first kappa shape index (κ1) is 15.5. The molecule has 0 aliphatic heterocycles. The summed E-state index contributed by atoms with van der Waals surface area (Å²) in [5.41, 5.74) is 1.44. The van der Waals surface area contributed by atoms with Crippen LogP contribution in [0.15, 0.2) is 24.5 Å². The van der Waals surface area contributed by atoms with E-state index in [9.17, 15) is 0 Å². The average molecular weight is 276 g/mol. The van der Waals surface area contributed by atoms with Gasteiger partial charge in [-0.15, -0.1) is 0 Å². The Morgan fingerprint density at radius 2 is 1.90 bits per heavy atom. The van der Waals surface area contributed by atoms with Gasteiger partial charge in [-0.3, -0.25) is 4.98 Å². The lowest BCUT2D eigenvalue weighted by Gasteiger charge is -2.27. The van der Waals surface area contributed by atoms with Crippen molar-refractivity contribution in [1.82, 2.24) is 10.3 Å². The topological polar surface area (TPSA) is 34.1 Å². The monoisotopic (exact) mass is 276 g/mol. The minimum Gasteiger partial charge on any atom is -0.383 e. The summed E-state index contributed by atoms with van der Waals surface area (Å²) in [5, 5.41) is 3.56. The molecule has 1 aliphatic carbocycles. The van der Waals surface area contributed by atoms with Crippen LogP contribution in [0.2, 0.25) is 0 Å². The fraction of sp³-hybridized carbons (Fsp3) is 0.706. The van der Waals surface area contributed by atoms with E-state index in [4.69, 9.17) is 4.74 Å². The maximum atomic E-state index is 5.12. The van der Waals surface area contributed by atoms with Crippen molar-refractivity contribution in [2.24, 2.45) is 5.92 Å². The normalized spacial score (nSPS) is 18.6. The zero-order valence-corrected chi connectivity index (χ0v) is 12.7. The van der Waals surface area contributed by atoms with Gasteiger partial charge in [-0.2, -0.15) is 0 Å². The van der Waals surface area contributed by atoms with Crippen LogP contribution in [0.25, 0.3) is 0 Å². The Hall–Kier alpha value is -0.930. The van der Waals surface area contributed by atoms with E-state index >= 15 is 0 Å². The number of rotatable bonds is 7. The molecule has 2 rings (SSSR count). The molecular formula is C17H28N2O. The van der Waals surface area contributed by atoms with E-state index in [0.29, 0.717) is 5.92 Å². The first-order valence-corrected chi connectivity index (χ1v) is 8.01. The number of hydrogen-bond acceptors (Lipinski definition) is 3. The molecule has 1 N–H and O–H groups in total. The third-order valence-corrected chi connectivity index (χ3v) is 4.45. The van der Waals surface area contributed by atoms with Gasteiger partial charge in [0.2, 0.25) is 0 Å². The third kappa shape index (κ3) is 4.88. The zero-order valence-electron chi connectivity index (χ0n) is 12.7. The quantitative estimate of drug-likeness (QED) is 0.612. The summed E-state index contributed by atoms with van der Waals surface area (Å²) in [6.45, 7) is 2.77. The van der Waals surface area contributed by atoms with Crippen molar-refractivity contribution in [3.8, 4) is 0 Å². The standard InChI is InChI=1S/C17H28N2O/c1-20-13-12-19-14-17(16-8-10-18-11-9-16)15-6-4-2-3-5-7-15/h8-11,15,17,19H,2-7,12-14H2,1H3. The van der Waals surface area contributed by atoms with Crippen LogP contribution in [0.3, 0.4) is 0 Å². The first-order valence-electron chi connectivity index (χ1n) is 8.01. The third-order valence-electron chi connectivity index (χ3n) is 4.45. The highest BCUT2D eigenvalue weighted by atomic mass is 16.5. The van der Waals surface area contributed by atoms with Gasteiger partial charge in [0.15, 0.2) is 0 Å². The summed E-state index contributed by atoms with van der Waals surface area (Å²) in [5.74, 6) is 1.43. The number of hydrogen-bond donors (Lipinski definition) is 1. The van der Waals surface area contributed by atoms with Crippen LogP contribution in [-0.4, -0.2) is 31.8 Å². The van der Waals surface area contributed by atoms with Gasteiger partial charge in [0.05, 0.1) is 6.61 Å². The van der Waals surface area contributed by atoms with E-state index < -0.39 is 0 Å². The van der Waals surface area contributed by atoms with Crippen LogP contribution < -0.4 is 5.32 Å². The van der Waals surface area contributed by atoms with Gasteiger partial charge in [-0.25, -0.2) is 0 Å². The number of methoxy groups -OCH3 is 1. The minimum absolute atomic E-state index is 0.618. The van der Waals surface area contributed by atoms with Crippen LogP contribution >= 0.6 is 0 Å². The van der Waals surface area contributed by atoms with Crippen LogP contribution in [0.4, 0.5) is 0 Å². The first-order chi connectivity index (χ1) is 9.92. The molecule has 1 saturated carbocycles. The van der Waals surface area contributed by atoms with Crippen molar-refractivity contribution in [1.29, 1.82) is 0 Å². The molecule has 20 heavy (non-hydrogen) atoms. The number of ether oxygens (including phenoxy) is 1. The summed E-state index contributed by atoms with van der Waals surface area (Å²) in [4.78, 5) is 4.16. The summed E-state index contributed by atoms with van der Waals surface area (Å²) >= 11 is 0. The van der Waals surface area contributed by atoms with Gasteiger partial charge in [-0.1, -0.05) is 25.7 Å². The van der Waals surface area contributed by atoms with Crippen molar-refractivity contribution in [3.05, 3.63) is 30.1 Å². The smallest absolute Gasteiger partial charge is 0.0587 e. The predicted molar refractivity (Wildman–Crippen MR) is 82.9 cm³/mol. The Bertz CT molecular complexity index is 347. The van der Waals surface area contributed by atoms with Crippen molar-refractivity contribution >= 4 is 0 Å². The molecule has 1 aliphatic rings. The van der Waals surface area contributed by atoms with E-state index in [1.807, 2.05) is 12.4 Å². The molecule has 3 heteroatoms. The average Bonchev–Trinajstić information content (AvgIpc) is 2.77. The summed E-state index contributed by atoms with van der Waals surface area (Å²) in [7, 11) is 1.76. The molecule has 0 radical (unpaired) electrons. The van der Waals surface area contributed by atoms with Gasteiger partial charge < -0.3 is 10.1 Å². The van der Waals surface area contributed by atoms with Gasteiger partial charge in [0.25, 0.3) is 0 Å².